The minimum absolute atomic E-state index is 0.149. The van der Waals surface area contributed by atoms with Crippen molar-refractivity contribution in [2.75, 3.05) is 18.5 Å². The molecule has 1 aliphatic carbocycles. The van der Waals surface area contributed by atoms with Crippen molar-refractivity contribution >= 4 is 22.5 Å². The summed E-state index contributed by atoms with van der Waals surface area (Å²) in [6, 6.07) is 13.4. The topological polar surface area (TPSA) is 92.7 Å². The first-order chi connectivity index (χ1) is 17.6. The fourth-order valence-electron chi connectivity index (χ4n) is 5.09. The number of fused-ring (bicyclic) bond motifs is 1. The Labute approximate surface area is 212 Å². The van der Waals surface area contributed by atoms with Crippen LogP contribution in [-0.2, 0) is 11.3 Å². The Bertz CT molecular complexity index is 1190. The Morgan fingerprint density at radius 1 is 1.11 bits per heavy atom. The number of aliphatic hydroxyl groups excluding tert-OH is 1. The maximum Gasteiger partial charge on any atom is 0.255 e. The molecule has 3 N–H and O–H groups in total. The van der Waals surface area contributed by atoms with E-state index in [0.717, 1.165) is 78.6 Å². The second-order valence-corrected chi connectivity index (χ2v) is 9.92. The molecule has 0 unspecified atom stereocenters. The molecule has 0 radical (unpaired) electrons. The van der Waals surface area contributed by atoms with Crippen molar-refractivity contribution in [3.8, 4) is 5.75 Å². The molecule has 7 heteroatoms. The molecule has 36 heavy (non-hydrogen) atoms. The molecule has 2 aromatic carbocycles. The SMILES string of the molecule is Cc1c(NC(=O)c2ccc(OC[C@@H]3CCCO3)cc2)ccc2cc(CN[C@@H]3CCCC[C@H]3O)cnc12. The number of aliphatic hydroxyl groups is 1. The summed E-state index contributed by atoms with van der Waals surface area (Å²) in [5.41, 5.74) is 4.19. The molecule has 1 saturated carbocycles. The molecule has 1 aromatic heterocycles. The molecule has 2 fully saturated rings. The molecule has 7 nitrogen and oxygen atoms in total. The second kappa shape index (κ2) is 11.4. The molecule has 2 aliphatic rings. The molecular formula is C29H35N3O4. The van der Waals surface area contributed by atoms with Gasteiger partial charge in [0.25, 0.3) is 5.91 Å². The van der Waals surface area contributed by atoms with Crippen LogP contribution in [0.15, 0.2) is 48.7 Å². The molecule has 5 rings (SSSR count). The van der Waals surface area contributed by atoms with Gasteiger partial charge in [0.2, 0.25) is 0 Å². The Balaban J connectivity index is 1.20. The molecule has 0 bridgehead atoms. The van der Waals surface area contributed by atoms with Crippen LogP contribution in [0.2, 0.25) is 0 Å². The van der Waals surface area contributed by atoms with Crippen LogP contribution in [0, 0.1) is 6.92 Å². The van der Waals surface area contributed by atoms with E-state index in [2.05, 4.69) is 21.7 Å². The number of ether oxygens (including phenoxy) is 2. The lowest BCUT2D eigenvalue weighted by Crippen LogP contribution is -2.41. The van der Waals surface area contributed by atoms with E-state index < -0.39 is 0 Å². The van der Waals surface area contributed by atoms with Crippen LogP contribution in [0.4, 0.5) is 5.69 Å². The Morgan fingerprint density at radius 3 is 2.72 bits per heavy atom. The number of nitrogens with zero attached hydrogens (tertiary/aromatic N) is 1. The van der Waals surface area contributed by atoms with Gasteiger partial charge in [0, 0.05) is 42.0 Å². The summed E-state index contributed by atoms with van der Waals surface area (Å²) < 4.78 is 11.4. The molecular weight excluding hydrogens is 454 g/mol. The van der Waals surface area contributed by atoms with Crippen LogP contribution in [-0.4, -0.2) is 47.5 Å². The zero-order valence-corrected chi connectivity index (χ0v) is 20.8. The highest BCUT2D eigenvalue weighted by atomic mass is 16.5. The van der Waals surface area contributed by atoms with Crippen LogP contribution in [0.1, 0.15) is 60.0 Å². The van der Waals surface area contributed by atoms with Gasteiger partial charge in [0.15, 0.2) is 0 Å². The third-order valence-corrected chi connectivity index (χ3v) is 7.29. The standard InChI is InChI=1S/C29H35N3O4/c1-19-25(32-29(34)21-8-11-23(12-9-21)36-18-24-5-4-14-35-24)13-10-22-15-20(17-31-28(19)22)16-30-26-6-2-3-7-27(26)33/h8-13,15,17,24,26-27,30,33H,2-7,14,16,18H2,1H3,(H,32,34)/t24-,26+,27+/m0/s1. The highest BCUT2D eigenvalue weighted by Crippen LogP contribution is 2.26. The fraction of sp³-hybridized carbons (Fsp3) is 0.448. The number of amides is 1. The summed E-state index contributed by atoms with van der Waals surface area (Å²) in [5, 5.41) is 17.7. The van der Waals surface area contributed by atoms with E-state index in [9.17, 15) is 9.90 Å². The quantitative estimate of drug-likeness (QED) is 0.423. The van der Waals surface area contributed by atoms with E-state index in [1.165, 1.54) is 0 Å². The number of benzene rings is 2. The normalized spacial score (nSPS) is 22.0. The number of aromatic nitrogens is 1. The third kappa shape index (κ3) is 5.86. The van der Waals surface area contributed by atoms with Gasteiger partial charge >= 0.3 is 0 Å². The lowest BCUT2D eigenvalue weighted by Gasteiger charge is -2.28. The van der Waals surface area contributed by atoms with E-state index in [-0.39, 0.29) is 24.2 Å². The van der Waals surface area contributed by atoms with Crippen molar-refractivity contribution < 1.29 is 19.4 Å². The number of carbonyl (C=O) groups excluding carboxylic acids is 1. The maximum atomic E-state index is 12.9. The van der Waals surface area contributed by atoms with Gasteiger partial charge < -0.3 is 25.2 Å². The molecule has 1 saturated heterocycles. The fourth-order valence-corrected chi connectivity index (χ4v) is 5.09. The van der Waals surface area contributed by atoms with Gasteiger partial charge in [0.1, 0.15) is 12.4 Å². The average Bonchev–Trinajstić information content (AvgIpc) is 3.43. The first kappa shape index (κ1) is 24.7. The van der Waals surface area contributed by atoms with E-state index in [0.29, 0.717) is 18.7 Å². The van der Waals surface area contributed by atoms with Crippen LogP contribution < -0.4 is 15.4 Å². The number of nitrogens with one attached hydrogen (secondary N) is 2. The number of rotatable bonds is 8. The van der Waals surface area contributed by atoms with E-state index in [1.54, 1.807) is 12.1 Å². The van der Waals surface area contributed by atoms with Crippen LogP contribution in [0.25, 0.3) is 10.9 Å². The summed E-state index contributed by atoms with van der Waals surface area (Å²) in [6.07, 6.45) is 8.02. The highest BCUT2D eigenvalue weighted by Gasteiger charge is 2.22. The van der Waals surface area contributed by atoms with Gasteiger partial charge in [-0.1, -0.05) is 18.9 Å². The molecule has 1 amide bonds. The predicted octanol–water partition coefficient (Wildman–Crippen LogP) is 4.75. The smallest absolute Gasteiger partial charge is 0.255 e. The Kier molecular flexibility index (Phi) is 7.80. The lowest BCUT2D eigenvalue weighted by atomic mass is 9.92. The number of pyridine rings is 1. The van der Waals surface area contributed by atoms with Gasteiger partial charge in [-0.3, -0.25) is 9.78 Å². The lowest BCUT2D eigenvalue weighted by molar-refractivity contribution is 0.0679. The summed E-state index contributed by atoms with van der Waals surface area (Å²) in [6.45, 7) is 3.99. The predicted molar refractivity (Wildman–Crippen MR) is 140 cm³/mol. The molecule has 2 heterocycles. The molecule has 1 aliphatic heterocycles. The van der Waals surface area contributed by atoms with Crippen molar-refractivity contribution in [1.82, 2.24) is 10.3 Å². The maximum absolute atomic E-state index is 12.9. The van der Waals surface area contributed by atoms with Gasteiger partial charge in [-0.25, -0.2) is 0 Å². The number of hydrogen-bond acceptors (Lipinski definition) is 6. The van der Waals surface area contributed by atoms with Gasteiger partial charge in [-0.2, -0.15) is 0 Å². The number of hydrogen-bond donors (Lipinski definition) is 3. The van der Waals surface area contributed by atoms with Crippen LogP contribution in [0.3, 0.4) is 0 Å². The number of anilines is 1. The van der Waals surface area contributed by atoms with Gasteiger partial charge in [0.05, 0.1) is 17.7 Å². The summed E-state index contributed by atoms with van der Waals surface area (Å²) >= 11 is 0. The van der Waals surface area contributed by atoms with Crippen LogP contribution in [0.5, 0.6) is 5.75 Å². The molecule has 190 valence electrons. The molecule has 0 spiro atoms. The summed E-state index contributed by atoms with van der Waals surface area (Å²) in [7, 11) is 0. The zero-order valence-electron chi connectivity index (χ0n) is 20.8. The minimum atomic E-state index is -0.268. The minimum Gasteiger partial charge on any atom is -0.491 e. The van der Waals surface area contributed by atoms with Crippen molar-refractivity contribution in [3.63, 3.8) is 0 Å². The van der Waals surface area contributed by atoms with E-state index in [1.807, 2.05) is 37.4 Å². The Hall–Kier alpha value is -3.00. The first-order valence-electron chi connectivity index (χ1n) is 13.0. The largest absolute Gasteiger partial charge is 0.491 e. The molecule has 3 aromatic rings. The third-order valence-electron chi connectivity index (χ3n) is 7.29. The second-order valence-electron chi connectivity index (χ2n) is 9.92. The summed E-state index contributed by atoms with van der Waals surface area (Å²) in [5.74, 6) is 0.561. The number of carbonyl (C=O) groups is 1. The monoisotopic (exact) mass is 489 g/mol. The molecule has 3 atom stereocenters. The zero-order chi connectivity index (χ0) is 24.9. The first-order valence-corrected chi connectivity index (χ1v) is 13.0. The average molecular weight is 490 g/mol. The highest BCUT2D eigenvalue weighted by molar-refractivity contribution is 6.06. The van der Waals surface area contributed by atoms with Crippen molar-refractivity contribution in [3.05, 3.63) is 65.4 Å². The van der Waals surface area contributed by atoms with Gasteiger partial charge in [-0.15, -0.1) is 0 Å². The Morgan fingerprint density at radius 2 is 1.94 bits per heavy atom. The van der Waals surface area contributed by atoms with Crippen molar-refractivity contribution in [2.45, 2.75) is 70.2 Å². The van der Waals surface area contributed by atoms with Crippen molar-refractivity contribution in [2.24, 2.45) is 0 Å². The van der Waals surface area contributed by atoms with Crippen molar-refractivity contribution in [1.29, 1.82) is 0 Å². The number of aryl methyl sites for hydroxylation is 1. The summed E-state index contributed by atoms with van der Waals surface area (Å²) in [4.78, 5) is 17.6. The van der Waals surface area contributed by atoms with E-state index in [4.69, 9.17) is 9.47 Å². The van der Waals surface area contributed by atoms with E-state index >= 15 is 0 Å². The van der Waals surface area contributed by atoms with Gasteiger partial charge in [-0.05, 0) is 80.1 Å². The van der Waals surface area contributed by atoms with Crippen LogP contribution >= 0.6 is 0 Å².